The molecule has 2 N–H and O–H groups in total. The van der Waals surface area contributed by atoms with E-state index in [2.05, 4.69) is 15.6 Å². The lowest BCUT2D eigenvalue weighted by atomic mass is 10.0. The van der Waals surface area contributed by atoms with E-state index in [0.29, 0.717) is 22.0 Å². The van der Waals surface area contributed by atoms with Gasteiger partial charge in [0.15, 0.2) is 5.13 Å². The van der Waals surface area contributed by atoms with Crippen molar-refractivity contribution in [2.45, 2.75) is 47.1 Å². The van der Waals surface area contributed by atoms with Crippen LogP contribution in [0.4, 0.5) is 15.6 Å². The minimum absolute atomic E-state index is 0.274. The number of thiazole rings is 1. The molecular weight excluding hydrogens is 414 g/mol. The summed E-state index contributed by atoms with van der Waals surface area (Å²) in [5.74, 6) is 0.130. The van der Waals surface area contributed by atoms with E-state index in [1.165, 1.54) is 18.4 Å². The number of rotatable bonds is 4. The first-order valence-corrected chi connectivity index (χ1v) is 10.7. The summed E-state index contributed by atoms with van der Waals surface area (Å²) >= 11 is 1.26. The van der Waals surface area contributed by atoms with E-state index in [1.54, 1.807) is 32.9 Å². The molecule has 8 heteroatoms. The smallest absolute Gasteiger partial charge is 0.413 e. The van der Waals surface area contributed by atoms with E-state index in [0.717, 1.165) is 27.1 Å². The minimum atomic E-state index is -0.610. The number of nitrogens with one attached hydrogen (secondary N) is 2. The van der Waals surface area contributed by atoms with Gasteiger partial charge in [0.05, 0.1) is 22.9 Å². The van der Waals surface area contributed by atoms with E-state index in [-0.39, 0.29) is 5.91 Å². The van der Waals surface area contributed by atoms with Crippen LogP contribution in [0.25, 0.3) is 10.2 Å². The number of amides is 2. The molecule has 31 heavy (non-hydrogen) atoms. The molecule has 0 atom stereocenters. The third kappa shape index (κ3) is 5.32. The normalized spacial score (nSPS) is 11.3. The Morgan fingerprint density at radius 1 is 1.00 bits per heavy atom. The Morgan fingerprint density at radius 3 is 2.23 bits per heavy atom. The van der Waals surface area contributed by atoms with Gasteiger partial charge in [-0.1, -0.05) is 29.0 Å². The van der Waals surface area contributed by atoms with Crippen molar-refractivity contribution in [3.05, 3.63) is 46.5 Å². The molecule has 0 aliphatic carbocycles. The quantitative estimate of drug-likeness (QED) is 0.532. The highest BCUT2D eigenvalue weighted by Crippen LogP contribution is 2.33. The average Bonchev–Trinajstić information content (AvgIpc) is 3.02. The summed E-state index contributed by atoms with van der Waals surface area (Å²) in [6.45, 7) is 11.3. The maximum Gasteiger partial charge on any atom is 0.413 e. The van der Waals surface area contributed by atoms with Gasteiger partial charge in [0.1, 0.15) is 11.4 Å². The number of carbonyl (C=O) groups is 2. The Labute approximate surface area is 185 Å². The fraction of sp³-hybridized carbons (Fsp3) is 0.348. The molecule has 3 rings (SSSR count). The number of carbonyl (C=O) groups excluding carboxylic acids is 2. The summed E-state index contributed by atoms with van der Waals surface area (Å²) in [5, 5.41) is 6.02. The van der Waals surface area contributed by atoms with Gasteiger partial charge >= 0.3 is 6.09 Å². The maximum atomic E-state index is 13.1. The van der Waals surface area contributed by atoms with Crippen molar-refractivity contribution in [2.75, 3.05) is 17.7 Å². The van der Waals surface area contributed by atoms with Crippen LogP contribution in [0, 0.1) is 20.8 Å². The number of fused-ring (bicyclic) bond motifs is 1. The minimum Gasteiger partial charge on any atom is -0.496 e. The van der Waals surface area contributed by atoms with Crippen LogP contribution in [-0.4, -0.2) is 29.7 Å². The third-order valence-electron chi connectivity index (χ3n) is 4.48. The molecular formula is C23H27N3O4S. The molecule has 0 aliphatic rings. The van der Waals surface area contributed by atoms with Crippen LogP contribution < -0.4 is 15.4 Å². The Hall–Kier alpha value is -3.13. The van der Waals surface area contributed by atoms with Gasteiger partial charge in [-0.25, -0.2) is 9.78 Å². The number of anilines is 2. The molecule has 0 bridgehead atoms. The van der Waals surface area contributed by atoms with Gasteiger partial charge in [0, 0.05) is 11.8 Å². The highest BCUT2D eigenvalue weighted by molar-refractivity contribution is 7.22. The Bertz CT molecular complexity index is 1140. The molecule has 3 aromatic rings. The molecule has 2 amide bonds. The van der Waals surface area contributed by atoms with Crippen LogP contribution in [0.15, 0.2) is 24.3 Å². The van der Waals surface area contributed by atoms with Crippen molar-refractivity contribution in [1.82, 2.24) is 4.98 Å². The molecule has 1 heterocycles. The molecule has 2 aromatic carbocycles. The number of aryl methyl sites for hydroxylation is 3. The monoisotopic (exact) mass is 441 g/mol. The second-order valence-corrected chi connectivity index (χ2v) is 9.42. The molecule has 0 spiro atoms. The Kier molecular flexibility index (Phi) is 6.22. The summed E-state index contributed by atoms with van der Waals surface area (Å²) in [6, 6.07) is 7.47. The molecule has 1 aromatic heterocycles. The summed E-state index contributed by atoms with van der Waals surface area (Å²) < 4.78 is 11.5. The predicted octanol–water partition coefficient (Wildman–Crippen LogP) is 5.83. The number of hydrogen-bond acceptors (Lipinski definition) is 6. The maximum absolute atomic E-state index is 13.1. The van der Waals surface area contributed by atoms with Crippen LogP contribution in [0.5, 0.6) is 5.75 Å². The predicted molar refractivity (Wildman–Crippen MR) is 125 cm³/mol. The fourth-order valence-electron chi connectivity index (χ4n) is 3.30. The molecule has 0 saturated heterocycles. The van der Waals surface area contributed by atoms with Gasteiger partial charge in [-0.3, -0.25) is 10.1 Å². The molecule has 164 valence electrons. The number of aromatic nitrogens is 1. The zero-order valence-electron chi connectivity index (χ0n) is 18.8. The van der Waals surface area contributed by atoms with Gasteiger partial charge in [-0.2, -0.15) is 0 Å². The fourth-order valence-corrected chi connectivity index (χ4v) is 4.18. The van der Waals surface area contributed by atoms with Gasteiger partial charge in [-0.15, -0.1) is 0 Å². The number of ether oxygens (including phenoxy) is 2. The number of hydrogen-bond donors (Lipinski definition) is 2. The van der Waals surface area contributed by atoms with Gasteiger partial charge in [-0.05, 0) is 58.7 Å². The topological polar surface area (TPSA) is 89.6 Å². The highest BCUT2D eigenvalue weighted by atomic mass is 32.1. The molecule has 0 radical (unpaired) electrons. The van der Waals surface area contributed by atoms with E-state index in [1.807, 2.05) is 32.9 Å². The first-order valence-electron chi connectivity index (χ1n) is 9.84. The Morgan fingerprint density at radius 2 is 1.65 bits per heavy atom. The van der Waals surface area contributed by atoms with Crippen molar-refractivity contribution in [1.29, 1.82) is 0 Å². The third-order valence-corrected chi connectivity index (χ3v) is 5.41. The van der Waals surface area contributed by atoms with Crippen molar-refractivity contribution in [2.24, 2.45) is 0 Å². The van der Waals surface area contributed by atoms with Gasteiger partial charge < -0.3 is 14.8 Å². The van der Waals surface area contributed by atoms with Crippen molar-refractivity contribution >= 4 is 44.4 Å². The molecule has 0 fully saturated rings. The zero-order chi connectivity index (χ0) is 22.9. The van der Waals surface area contributed by atoms with Crippen LogP contribution in [0.2, 0.25) is 0 Å². The van der Waals surface area contributed by atoms with Crippen molar-refractivity contribution < 1.29 is 19.1 Å². The van der Waals surface area contributed by atoms with Crippen LogP contribution >= 0.6 is 11.3 Å². The standard InChI is InChI=1S/C23H27N3O4S/c1-12-8-13(2)19(14(3)9-12)25-20(27)15-10-18-16(11-17(15)29-7)24-21(31-18)26-22(28)30-23(4,5)6/h8-11H,1-7H3,(H,25,27)(H,24,26,28). The first-order chi connectivity index (χ1) is 14.5. The van der Waals surface area contributed by atoms with E-state index >= 15 is 0 Å². The van der Waals surface area contributed by atoms with Crippen LogP contribution in [0.1, 0.15) is 47.8 Å². The largest absolute Gasteiger partial charge is 0.496 e. The van der Waals surface area contributed by atoms with E-state index in [9.17, 15) is 9.59 Å². The first kappa shape index (κ1) is 22.6. The molecule has 0 aliphatic heterocycles. The number of benzene rings is 2. The van der Waals surface area contributed by atoms with Crippen LogP contribution in [0.3, 0.4) is 0 Å². The number of nitrogens with zero attached hydrogens (tertiary/aromatic N) is 1. The van der Waals surface area contributed by atoms with Crippen molar-refractivity contribution in [3.63, 3.8) is 0 Å². The SMILES string of the molecule is COc1cc2nc(NC(=O)OC(C)(C)C)sc2cc1C(=O)Nc1c(C)cc(C)cc1C. The lowest BCUT2D eigenvalue weighted by Gasteiger charge is -2.18. The lowest BCUT2D eigenvalue weighted by molar-refractivity contribution is 0.0635. The van der Waals surface area contributed by atoms with E-state index in [4.69, 9.17) is 9.47 Å². The molecule has 0 unspecified atom stereocenters. The van der Waals surface area contributed by atoms with Gasteiger partial charge in [0.2, 0.25) is 0 Å². The molecule has 7 nitrogen and oxygen atoms in total. The highest BCUT2D eigenvalue weighted by Gasteiger charge is 2.20. The van der Waals surface area contributed by atoms with E-state index < -0.39 is 11.7 Å². The second kappa shape index (κ2) is 8.55. The molecule has 0 saturated carbocycles. The van der Waals surface area contributed by atoms with Crippen LogP contribution in [-0.2, 0) is 4.74 Å². The summed E-state index contributed by atoms with van der Waals surface area (Å²) in [5.41, 5.74) is 4.31. The summed E-state index contributed by atoms with van der Waals surface area (Å²) in [6.07, 6.45) is -0.582. The average molecular weight is 442 g/mol. The van der Waals surface area contributed by atoms with Crippen molar-refractivity contribution in [3.8, 4) is 5.75 Å². The zero-order valence-corrected chi connectivity index (χ0v) is 19.6. The lowest BCUT2D eigenvalue weighted by Crippen LogP contribution is -2.27. The number of methoxy groups -OCH3 is 1. The Balaban J connectivity index is 1.90. The van der Waals surface area contributed by atoms with Gasteiger partial charge in [0.25, 0.3) is 5.91 Å². The summed E-state index contributed by atoms with van der Waals surface area (Å²) in [4.78, 5) is 29.5. The summed E-state index contributed by atoms with van der Waals surface area (Å²) in [7, 11) is 1.51. The second-order valence-electron chi connectivity index (χ2n) is 8.39.